The number of hydrogen-bond donors (Lipinski definition) is 1. The molecule has 17 heavy (non-hydrogen) atoms. The van der Waals surface area contributed by atoms with Crippen molar-refractivity contribution in [3.63, 3.8) is 0 Å². The van der Waals surface area contributed by atoms with Gasteiger partial charge in [0, 0.05) is 32.6 Å². The molecule has 0 radical (unpaired) electrons. The molecule has 4 heteroatoms. The van der Waals surface area contributed by atoms with Crippen LogP contribution < -0.4 is 5.32 Å². The summed E-state index contributed by atoms with van der Waals surface area (Å²) in [6.45, 7) is 5.38. The van der Waals surface area contributed by atoms with Gasteiger partial charge in [0.2, 0.25) is 5.91 Å². The van der Waals surface area contributed by atoms with E-state index in [-0.39, 0.29) is 0 Å². The topological polar surface area (TPSA) is 35.6 Å². The number of carbonyl (C=O) groups excluding carboxylic acids is 1. The van der Waals surface area contributed by atoms with Gasteiger partial charge in [0.1, 0.15) is 0 Å². The average molecular weight is 239 g/mol. The van der Waals surface area contributed by atoms with Crippen LogP contribution in [0.1, 0.15) is 32.1 Å². The molecule has 1 unspecified atom stereocenters. The third-order valence-electron chi connectivity index (χ3n) is 4.05. The summed E-state index contributed by atoms with van der Waals surface area (Å²) >= 11 is 0. The maximum atomic E-state index is 12.1. The molecule has 2 rings (SSSR count). The van der Waals surface area contributed by atoms with Gasteiger partial charge >= 0.3 is 0 Å². The van der Waals surface area contributed by atoms with Gasteiger partial charge in [-0.25, -0.2) is 0 Å². The normalized spacial score (nSPS) is 26.1. The van der Waals surface area contributed by atoms with Crippen molar-refractivity contribution < 1.29 is 4.79 Å². The van der Waals surface area contributed by atoms with Crippen LogP contribution in [0.4, 0.5) is 0 Å². The summed E-state index contributed by atoms with van der Waals surface area (Å²) in [5.74, 6) is 0.311. The van der Waals surface area contributed by atoms with Crippen molar-refractivity contribution in [3.05, 3.63) is 0 Å². The van der Waals surface area contributed by atoms with E-state index in [0.717, 1.165) is 26.1 Å². The van der Waals surface area contributed by atoms with Gasteiger partial charge in [-0.2, -0.15) is 0 Å². The third kappa shape index (κ3) is 3.68. The van der Waals surface area contributed by atoms with E-state index in [1.807, 2.05) is 11.9 Å². The van der Waals surface area contributed by atoms with Gasteiger partial charge < -0.3 is 15.1 Å². The highest BCUT2D eigenvalue weighted by Crippen LogP contribution is 2.11. The zero-order chi connectivity index (χ0) is 12.1. The number of nitrogens with one attached hydrogen (secondary N) is 1. The molecule has 2 aliphatic heterocycles. The van der Waals surface area contributed by atoms with Gasteiger partial charge in [0.25, 0.3) is 0 Å². The highest BCUT2D eigenvalue weighted by atomic mass is 16.2. The Morgan fingerprint density at radius 3 is 2.76 bits per heavy atom. The molecule has 1 amide bonds. The molecule has 1 N–H and O–H groups in total. The second-order valence-corrected chi connectivity index (χ2v) is 5.30. The van der Waals surface area contributed by atoms with Crippen molar-refractivity contribution in [1.82, 2.24) is 15.1 Å². The van der Waals surface area contributed by atoms with Crippen LogP contribution in [-0.2, 0) is 4.79 Å². The van der Waals surface area contributed by atoms with E-state index in [4.69, 9.17) is 0 Å². The van der Waals surface area contributed by atoms with Crippen LogP contribution in [-0.4, -0.2) is 61.5 Å². The monoisotopic (exact) mass is 239 g/mol. The SMILES string of the molecule is CN(C(=O)CCN1CCCC1)C1CCCNC1. The van der Waals surface area contributed by atoms with Crippen molar-refractivity contribution in [2.24, 2.45) is 0 Å². The number of amides is 1. The summed E-state index contributed by atoms with van der Waals surface area (Å²) in [4.78, 5) is 16.4. The predicted molar refractivity (Wildman–Crippen MR) is 69.0 cm³/mol. The fourth-order valence-electron chi connectivity index (χ4n) is 2.80. The molecule has 2 saturated heterocycles. The Bertz CT molecular complexity index is 245. The van der Waals surface area contributed by atoms with E-state index in [1.165, 1.54) is 32.4 Å². The maximum absolute atomic E-state index is 12.1. The molecule has 2 aliphatic rings. The molecule has 2 heterocycles. The second kappa shape index (κ2) is 6.36. The lowest BCUT2D eigenvalue weighted by Crippen LogP contribution is -2.47. The van der Waals surface area contributed by atoms with E-state index < -0.39 is 0 Å². The molecule has 4 nitrogen and oxygen atoms in total. The van der Waals surface area contributed by atoms with Gasteiger partial charge in [-0.3, -0.25) is 4.79 Å². The van der Waals surface area contributed by atoms with Crippen molar-refractivity contribution >= 4 is 5.91 Å². The van der Waals surface area contributed by atoms with Crippen LogP contribution in [0.3, 0.4) is 0 Å². The maximum Gasteiger partial charge on any atom is 0.223 e. The molecule has 0 spiro atoms. The first-order valence-corrected chi connectivity index (χ1v) is 6.96. The molecule has 0 bridgehead atoms. The Balaban J connectivity index is 1.70. The number of carbonyl (C=O) groups is 1. The largest absolute Gasteiger partial charge is 0.341 e. The lowest BCUT2D eigenvalue weighted by Gasteiger charge is -2.32. The zero-order valence-electron chi connectivity index (χ0n) is 11.0. The van der Waals surface area contributed by atoms with Crippen LogP contribution in [0.25, 0.3) is 0 Å². The van der Waals surface area contributed by atoms with Crippen LogP contribution >= 0.6 is 0 Å². The average Bonchev–Trinajstić information content (AvgIpc) is 2.89. The molecule has 0 saturated carbocycles. The Labute approximate surface area is 104 Å². The molecule has 0 aliphatic carbocycles. The van der Waals surface area contributed by atoms with Crippen LogP contribution in [0.2, 0.25) is 0 Å². The highest BCUT2D eigenvalue weighted by Gasteiger charge is 2.22. The lowest BCUT2D eigenvalue weighted by atomic mass is 10.1. The minimum atomic E-state index is 0.311. The van der Waals surface area contributed by atoms with Crippen LogP contribution in [0.15, 0.2) is 0 Å². The first-order valence-electron chi connectivity index (χ1n) is 6.96. The summed E-state index contributed by atoms with van der Waals surface area (Å²) in [6.07, 6.45) is 5.63. The van der Waals surface area contributed by atoms with E-state index in [2.05, 4.69) is 10.2 Å². The molecular formula is C13H25N3O. The Morgan fingerprint density at radius 2 is 2.12 bits per heavy atom. The van der Waals surface area contributed by atoms with Crippen LogP contribution in [0, 0.1) is 0 Å². The summed E-state index contributed by atoms with van der Waals surface area (Å²) in [5, 5.41) is 3.36. The smallest absolute Gasteiger partial charge is 0.223 e. The standard InChI is InChI=1S/C13H25N3O/c1-15(12-5-4-7-14-11-12)13(17)6-10-16-8-2-3-9-16/h12,14H,2-11H2,1H3. The molecule has 0 aromatic carbocycles. The summed E-state index contributed by atoms with van der Waals surface area (Å²) in [7, 11) is 1.96. The van der Waals surface area contributed by atoms with Gasteiger partial charge in [-0.15, -0.1) is 0 Å². The fraction of sp³-hybridized carbons (Fsp3) is 0.923. The molecule has 98 valence electrons. The minimum Gasteiger partial charge on any atom is -0.341 e. The molecule has 1 atom stereocenters. The van der Waals surface area contributed by atoms with Gasteiger partial charge in [0.05, 0.1) is 0 Å². The Kier molecular flexibility index (Phi) is 4.80. The first-order chi connectivity index (χ1) is 8.27. The van der Waals surface area contributed by atoms with Gasteiger partial charge in [-0.05, 0) is 45.3 Å². The lowest BCUT2D eigenvalue weighted by molar-refractivity contribution is -0.132. The summed E-state index contributed by atoms with van der Waals surface area (Å²) < 4.78 is 0. The molecule has 0 aromatic heterocycles. The van der Waals surface area contributed by atoms with Gasteiger partial charge in [0.15, 0.2) is 0 Å². The molecule has 0 aromatic rings. The van der Waals surface area contributed by atoms with Crippen molar-refractivity contribution in [1.29, 1.82) is 0 Å². The summed E-state index contributed by atoms with van der Waals surface area (Å²) in [6, 6.07) is 0.412. The molecular weight excluding hydrogens is 214 g/mol. The van der Waals surface area contributed by atoms with Crippen molar-refractivity contribution in [2.75, 3.05) is 39.8 Å². The zero-order valence-corrected chi connectivity index (χ0v) is 11.0. The number of nitrogens with zero attached hydrogens (tertiary/aromatic N) is 2. The van der Waals surface area contributed by atoms with E-state index >= 15 is 0 Å². The minimum absolute atomic E-state index is 0.311. The fourth-order valence-corrected chi connectivity index (χ4v) is 2.80. The Morgan fingerprint density at radius 1 is 1.35 bits per heavy atom. The summed E-state index contributed by atoms with van der Waals surface area (Å²) in [5.41, 5.74) is 0. The number of likely N-dealkylation sites (N-methyl/N-ethyl adjacent to an activating group) is 1. The Hall–Kier alpha value is -0.610. The van der Waals surface area contributed by atoms with E-state index in [9.17, 15) is 4.79 Å². The number of hydrogen-bond acceptors (Lipinski definition) is 3. The van der Waals surface area contributed by atoms with Crippen molar-refractivity contribution in [3.8, 4) is 0 Å². The van der Waals surface area contributed by atoms with Gasteiger partial charge in [-0.1, -0.05) is 0 Å². The first kappa shape index (κ1) is 12.8. The number of likely N-dealkylation sites (tertiary alicyclic amines) is 1. The number of rotatable bonds is 4. The van der Waals surface area contributed by atoms with Crippen LogP contribution in [0.5, 0.6) is 0 Å². The van der Waals surface area contributed by atoms with E-state index in [1.54, 1.807) is 0 Å². The highest BCUT2D eigenvalue weighted by molar-refractivity contribution is 5.76. The van der Waals surface area contributed by atoms with E-state index in [0.29, 0.717) is 18.4 Å². The predicted octanol–water partition coefficient (Wildman–Crippen LogP) is 0.683. The second-order valence-electron chi connectivity index (χ2n) is 5.30. The number of piperidine rings is 1. The third-order valence-corrected chi connectivity index (χ3v) is 4.05. The van der Waals surface area contributed by atoms with Crippen molar-refractivity contribution in [2.45, 2.75) is 38.1 Å². The molecule has 2 fully saturated rings. The quantitative estimate of drug-likeness (QED) is 0.784.